The second-order valence-corrected chi connectivity index (χ2v) is 6.81. The van der Waals surface area contributed by atoms with Crippen molar-refractivity contribution in [1.82, 2.24) is 10.2 Å². The Morgan fingerprint density at radius 2 is 1.76 bits per heavy atom. The van der Waals surface area contributed by atoms with Crippen LogP contribution in [0.4, 0.5) is 0 Å². The van der Waals surface area contributed by atoms with Crippen molar-refractivity contribution in [3.8, 4) is 0 Å². The van der Waals surface area contributed by atoms with Crippen molar-refractivity contribution in [3.05, 3.63) is 32.8 Å². The van der Waals surface area contributed by atoms with E-state index in [1.165, 1.54) is 0 Å². The van der Waals surface area contributed by atoms with Crippen LogP contribution in [0.25, 0.3) is 0 Å². The van der Waals surface area contributed by atoms with E-state index in [2.05, 4.69) is 19.2 Å². The van der Waals surface area contributed by atoms with Gasteiger partial charge in [-0.1, -0.05) is 48.7 Å². The summed E-state index contributed by atoms with van der Waals surface area (Å²) in [5, 5.41) is 4.66. The van der Waals surface area contributed by atoms with Crippen LogP contribution in [0.1, 0.15) is 25.8 Å². The topological polar surface area (TPSA) is 32.3 Å². The van der Waals surface area contributed by atoms with Gasteiger partial charge in [0.25, 0.3) is 0 Å². The molecular formula is C15H21Cl3N2O. The minimum Gasteiger partial charge on any atom is -0.347 e. The highest BCUT2D eigenvalue weighted by Crippen LogP contribution is 2.31. The SMILES string of the molecule is CC(C)CC(NCc1c(Cl)ccc(Cl)c1Cl)C(=O)N(C)C. The Kier molecular flexibility index (Phi) is 7.28. The molecule has 0 aromatic heterocycles. The lowest BCUT2D eigenvalue weighted by molar-refractivity contribution is -0.131. The molecule has 3 nitrogen and oxygen atoms in total. The predicted molar refractivity (Wildman–Crippen MR) is 90.2 cm³/mol. The Labute approximate surface area is 141 Å². The number of benzene rings is 1. The van der Waals surface area contributed by atoms with Crippen LogP contribution in [0.2, 0.25) is 15.1 Å². The maximum Gasteiger partial charge on any atom is 0.239 e. The minimum absolute atomic E-state index is 0.0398. The fraction of sp³-hybridized carbons (Fsp3) is 0.533. The number of amides is 1. The third-order valence-electron chi connectivity index (χ3n) is 3.11. The second kappa shape index (κ2) is 8.23. The molecule has 0 aliphatic carbocycles. The van der Waals surface area contributed by atoms with Crippen molar-refractivity contribution >= 4 is 40.7 Å². The van der Waals surface area contributed by atoms with E-state index in [0.29, 0.717) is 33.1 Å². The highest BCUT2D eigenvalue weighted by atomic mass is 35.5. The smallest absolute Gasteiger partial charge is 0.239 e. The molecule has 0 aliphatic heterocycles. The first-order chi connectivity index (χ1) is 9.73. The molecule has 1 aromatic rings. The molecule has 0 aliphatic rings. The lowest BCUT2D eigenvalue weighted by Gasteiger charge is -2.23. The van der Waals surface area contributed by atoms with Crippen LogP contribution >= 0.6 is 34.8 Å². The summed E-state index contributed by atoms with van der Waals surface area (Å²) >= 11 is 18.3. The zero-order valence-electron chi connectivity index (χ0n) is 12.7. The van der Waals surface area contributed by atoms with Crippen LogP contribution in [-0.4, -0.2) is 30.9 Å². The molecule has 1 unspecified atom stereocenters. The Morgan fingerprint density at radius 3 is 2.29 bits per heavy atom. The molecule has 1 rings (SSSR count). The molecule has 0 spiro atoms. The molecule has 6 heteroatoms. The van der Waals surface area contributed by atoms with Crippen LogP contribution in [0.15, 0.2) is 12.1 Å². The highest BCUT2D eigenvalue weighted by Gasteiger charge is 2.22. The zero-order valence-corrected chi connectivity index (χ0v) is 15.0. The number of nitrogens with zero attached hydrogens (tertiary/aromatic N) is 1. The van der Waals surface area contributed by atoms with Crippen molar-refractivity contribution in [1.29, 1.82) is 0 Å². The first-order valence-electron chi connectivity index (χ1n) is 6.81. The number of hydrogen-bond donors (Lipinski definition) is 1. The summed E-state index contributed by atoms with van der Waals surface area (Å²) in [5.74, 6) is 0.440. The van der Waals surface area contributed by atoms with Crippen LogP contribution in [0.5, 0.6) is 0 Å². The van der Waals surface area contributed by atoms with Crippen molar-refractivity contribution in [2.24, 2.45) is 5.92 Å². The van der Waals surface area contributed by atoms with Gasteiger partial charge >= 0.3 is 0 Å². The average Bonchev–Trinajstić information content (AvgIpc) is 2.40. The largest absolute Gasteiger partial charge is 0.347 e. The third-order valence-corrected chi connectivity index (χ3v) is 4.31. The number of likely N-dealkylation sites (N-methyl/N-ethyl adjacent to an activating group) is 1. The number of carbonyl (C=O) groups is 1. The summed E-state index contributed by atoms with van der Waals surface area (Å²) in [6.07, 6.45) is 0.743. The molecule has 21 heavy (non-hydrogen) atoms. The Balaban J connectivity index is 2.87. The fourth-order valence-corrected chi connectivity index (χ4v) is 2.69. The zero-order chi connectivity index (χ0) is 16.2. The van der Waals surface area contributed by atoms with Crippen LogP contribution < -0.4 is 5.32 Å². The molecule has 0 radical (unpaired) electrons. The number of halogens is 3. The third kappa shape index (κ3) is 5.33. The molecule has 0 bridgehead atoms. The van der Waals surface area contributed by atoms with Crippen molar-refractivity contribution in [2.45, 2.75) is 32.9 Å². The van der Waals surface area contributed by atoms with Gasteiger partial charge in [0.1, 0.15) is 0 Å². The number of nitrogens with one attached hydrogen (secondary N) is 1. The van der Waals surface area contributed by atoms with E-state index in [1.807, 2.05) is 0 Å². The lowest BCUT2D eigenvalue weighted by atomic mass is 10.0. The van der Waals surface area contributed by atoms with Crippen molar-refractivity contribution < 1.29 is 4.79 Å². The van der Waals surface area contributed by atoms with E-state index in [4.69, 9.17) is 34.8 Å². The van der Waals surface area contributed by atoms with Gasteiger partial charge in [0.15, 0.2) is 0 Å². The second-order valence-electron chi connectivity index (χ2n) is 5.62. The van der Waals surface area contributed by atoms with Crippen LogP contribution in [0, 0.1) is 5.92 Å². The van der Waals surface area contributed by atoms with E-state index in [9.17, 15) is 4.79 Å². The van der Waals surface area contributed by atoms with Crippen molar-refractivity contribution in [2.75, 3.05) is 14.1 Å². The molecule has 0 fully saturated rings. The normalized spacial score (nSPS) is 12.6. The van der Waals surface area contributed by atoms with E-state index in [1.54, 1.807) is 31.1 Å². The van der Waals surface area contributed by atoms with E-state index >= 15 is 0 Å². The minimum atomic E-state index is -0.272. The molecule has 118 valence electrons. The van der Waals surface area contributed by atoms with Gasteiger partial charge in [0.05, 0.1) is 16.1 Å². The van der Waals surface area contributed by atoms with Crippen molar-refractivity contribution in [3.63, 3.8) is 0 Å². The summed E-state index contributed by atoms with van der Waals surface area (Å²) < 4.78 is 0. The van der Waals surface area contributed by atoms with E-state index in [0.717, 1.165) is 6.42 Å². The summed E-state index contributed by atoms with van der Waals surface area (Å²) in [6.45, 7) is 4.56. The summed E-state index contributed by atoms with van der Waals surface area (Å²) in [5.41, 5.74) is 0.714. The fourth-order valence-electron chi connectivity index (χ4n) is 2.01. The monoisotopic (exact) mass is 350 g/mol. The Hall–Kier alpha value is -0.480. The molecular weight excluding hydrogens is 331 g/mol. The van der Waals surface area contributed by atoms with Crippen LogP contribution in [-0.2, 0) is 11.3 Å². The molecule has 0 saturated carbocycles. The summed E-state index contributed by atoms with van der Waals surface area (Å²) in [6, 6.07) is 3.09. The molecule has 1 atom stereocenters. The number of hydrogen-bond acceptors (Lipinski definition) is 2. The number of carbonyl (C=O) groups excluding carboxylic acids is 1. The standard InChI is InChI=1S/C15H21Cl3N2O/c1-9(2)7-13(15(21)20(3)4)19-8-10-11(16)5-6-12(17)14(10)18/h5-6,9,13,19H,7-8H2,1-4H3. The Bertz CT molecular complexity index is 504. The van der Waals surface area contributed by atoms with Crippen LogP contribution in [0.3, 0.4) is 0 Å². The van der Waals surface area contributed by atoms with Gasteiger partial charge in [-0.15, -0.1) is 0 Å². The van der Waals surface area contributed by atoms with Gasteiger partial charge < -0.3 is 10.2 Å². The van der Waals surface area contributed by atoms with E-state index in [-0.39, 0.29) is 11.9 Å². The first kappa shape index (κ1) is 18.6. The van der Waals surface area contributed by atoms with Gasteiger partial charge in [-0.25, -0.2) is 0 Å². The molecule has 0 saturated heterocycles. The number of rotatable bonds is 6. The van der Waals surface area contributed by atoms with E-state index < -0.39 is 0 Å². The molecule has 1 amide bonds. The maximum absolute atomic E-state index is 12.2. The maximum atomic E-state index is 12.2. The molecule has 1 N–H and O–H groups in total. The first-order valence-corrected chi connectivity index (χ1v) is 7.94. The van der Waals surface area contributed by atoms with Gasteiger partial charge in [0, 0.05) is 31.2 Å². The van der Waals surface area contributed by atoms with Gasteiger partial charge in [0.2, 0.25) is 5.91 Å². The lowest BCUT2D eigenvalue weighted by Crippen LogP contribution is -2.44. The van der Waals surface area contributed by atoms with Gasteiger partial charge in [-0.3, -0.25) is 4.79 Å². The summed E-state index contributed by atoms with van der Waals surface area (Å²) in [7, 11) is 3.49. The molecule has 1 aromatic carbocycles. The highest BCUT2D eigenvalue weighted by molar-refractivity contribution is 6.44. The Morgan fingerprint density at radius 1 is 1.19 bits per heavy atom. The molecule has 0 heterocycles. The average molecular weight is 352 g/mol. The van der Waals surface area contributed by atoms with Gasteiger partial charge in [-0.2, -0.15) is 0 Å². The van der Waals surface area contributed by atoms with Gasteiger partial charge in [-0.05, 0) is 24.5 Å². The quantitative estimate of drug-likeness (QED) is 0.777. The predicted octanol–water partition coefficient (Wildman–Crippen LogP) is 4.24. The summed E-state index contributed by atoms with van der Waals surface area (Å²) in [4.78, 5) is 13.8.